The van der Waals surface area contributed by atoms with Gasteiger partial charge in [-0.1, -0.05) is 42.5 Å². The van der Waals surface area contributed by atoms with Gasteiger partial charge in [0.15, 0.2) is 0 Å². The number of benzene rings is 3. The zero-order valence-electron chi connectivity index (χ0n) is 19.1. The normalized spacial score (nSPS) is 18.4. The maximum Gasteiger partial charge on any atom is 0.269 e. The highest BCUT2D eigenvalue weighted by Gasteiger charge is 2.45. The molecule has 1 heterocycles. The second kappa shape index (κ2) is 10.4. The smallest absolute Gasteiger partial charge is 0.269 e. The Balaban J connectivity index is 1.56. The molecule has 1 saturated heterocycles. The first-order valence-electron chi connectivity index (χ1n) is 10.9. The van der Waals surface area contributed by atoms with Crippen LogP contribution in [0.3, 0.4) is 0 Å². The molecule has 1 amide bonds. The summed E-state index contributed by atoms with van der Waals surface area (Å²) in [5.41, 5.74) is 2.79. The van der Waals surface area contributed by atoms with Gasteiger partial charge >= 0.3 is 0 Å². The standard InChI is InChI=1S/C23H22N4O8S2/c28-23(24-29)22-14-18(15-26(22)37(34,35)21-12-8-19(9-13-21)27(30)31)25-36(32,33)20-10-6-17(7-11-20)16-4-2-1-3-5-16/h1-13,18,22,25,29H,14-15H2,(H,24,28)/t18-,22+/m0/s1. The first-order chi connectivity index (χ1) is 17.5. The molecule has 37 heavy (non-hydrogen) atoms. The Hall–Kier alpha value is -3.69. The topological polar surface area (TPSA) is 176 Å². The van der Waals surface area contributed by atoms with Crippen molar-refractivity contribution >= 4 is 31.6 Å². The van der Waals surface area contributed by atoms with Gasteiger partial charge in [-0.2, -0.15) is 4.31 Å². The SMILES string of the molecule is O=C(NO)[C@H]1C[C@H](NS(=O)(=O)c2ccc(-c3ccccc3)cc2)CN1S(=O)(=O)c1ccc([N+](=O)[O-])cc1. The highest BCUT2D eigenvalue weighted by atomic mass is 32.2. The molecule has 3 N–H and O–H groups in total. The number of amides is 1. The lowest BCUT2D eigenvalue weighted by Gasteiger charge is -2.22. The van der Waals surface area contributed by atoms with Gasteiger partial charge in [0.2, 0.25) is 20.0 Å². The van der Waals surface area contributed by atoms with Crippen molar-refractivity contribution in [3.05, 3.63) is 89.0 Å². The lowest BCUT2D eigenvalue weighted by Crippen LogP contribution is -2.45. The third kappa shape index (κ3) is 5.52. The molecule has 12 nitrogen and oxygen atoms in total. The van der Waals surface area contributed by atoms with Crippen molar-refractivity contribution in [1.82, 2.24) is 14.5 Å². The average Bonchev–Trinajstić information content (AvgIpc) is 3.33. The average molecular weight is 547 g/mol. The number of carbonyl (C=O) groups excluding carboxylic acids is 1. The highest BCUT2D eigenvalue weighted by molar-refractivity contribution is 7.89. The van der Waals surface area contributed by atoms with Crippen molar-refractivity contribution in [2.75, 3.05) is 6.54 Å². The Labute approximate surface area is 212 Å². The van der Waals surface area contributed by atoms with Gasteiger partial charge in [0, 0.05) is 24.7 Å². The molecular formula is C23H22N4O8S2. The Kier molecular flexibility index (Phi) is 7.38. The molecule has 0 aliphatic carbocycles. The zero-order chi connectivity index (χ0) is 26.8. The summed E-state index contributed by atoms with van der Waals surface area (Å²) in [6.45, 7) is -0.404. The molecule has 194 valence electrons. The lowest BCUT2D eigenvalue weighted by molar-refractivity contribution is -0.384. The molecule has 0 unspecified atom stereocenters. The van der Waals surface area contributed by atoms with Gasteiger partial charge in [-0.25, -0.2) is 27.0 Å². The van der Waals surface area contributed by atoms with Crippen molar-refractivity contribution in [2.45, 2.75) is 28.3 Å². The summed E-state index contributed by atoms with van der Waals surface area (Å²) in [7, 11) is -8.46. The van der Waals surface area contributed by atoms with Crippen LogP contribution in [0, 0.1) is 10.1 Å². The van der Waals surface area contributed by atoms with Crippen molar-refractivity contribution in [3.63, 3.8) is 0 Å². The van der Waals surface area contributed by atoms with Crippen LogP contribution in [-0.4, -0.2) is 55.8 Å². The maximum atomic E-state index is 13.2. The first-order valence-corrected chi connectivity index (χ1v) is 13.8. The van der Waals surface area contributed by atoms with Crippen LogP contribution in [0.15, 0.2) is 88.7 Å². The number of rotatable bonds is 8. The van der Waals surface area contributed by atoms with Crippen LogP contribution >= 0.6 is 0 Å². The molecule has 3 aromatic carbocycles. The van der Waals surface area contributed by atoms with Gasteiger partial charge < -0.3 is 0 Å². The van der Waals surface area contributed by atoms with E-state index in [1.54, 1.807) is 12.1 Å². The number of nitro benzene ring substituents is 1. The summed E-state index contributed by atoms with van der Waals surface area (Å²) in [5, 5.41) is 20.0. The van der Waals surface area contributed by atoms with Crippen LogP contribution in [0.4, 0.5) is 5.69 Å². The third-order valence-electron chi connectivity index (χ3n) is 5.92. The van der Waals surface area contributed by atoms with E-state index in [2.05, 4.69) is 4.72 Å². The Morgan fingerprint density at radius 2 is 1.46 bits per heavy atom. The number of hydroxylamine groups is 1. The molecule has 1 aliphatic heterocycles. The zero-order valence-corrected chi connectivity index (χ0v) is 20.7. The molecule has 0 spiro atoms. The van der Waals surface area contributed by atoms with Gasteiger partial charge in [-0.15, -0.1) is 0 Å². The molecule has 4 rings (SSSR count). The number of hydrogen-bond acceptors (Lipinski definition) is 8. The summed E-state index contributed by atoms with van der Waals surface area (Å²) < 4.78 is 55.7. The van der Waals surface area contributed by atoms with Crippen LogP contribution < -0.4 is 10.2 Å². The summed E-state index contributed by atoms with van der Waals surface area (Å²) in [6, 6.07) is 17.1. The van der Waals surface area contributed by atoms with E-state index in [0.717, 1.165) is 39.7 Å². The second-order valence-corrected chi connectivity index (χ2v) is 11.9. The molecule has 2 atom stereocenters. The third-order valence-corrected chi connectivity index (χ3v) is 9.34. The minimum Gasteiger partial charge on any atom is -0.289 e. The van der Waals surface area contributed by atoms with E-state index in [0.29, 0.717) is 0 Å². The predicted octanol–water partition coefficient (Wildman–Crippen LogP) is 1.88. The van der Waals surface area contributed by atoms with Crippen LogP contribution in [0.2, 0.25) is 0 Å². The fourth-order valence-corrected chi connectivity index (χ4v) is 6.97. The van der Waals surface area contributed by atoms with Crippen molar-refractivity contribution in [1.29, 1.82) is 0 Å². The van der Waals surface area contributed by atoms with Gasteiger partial charge in [-0.05, 0) is 41.8 Å². The summed E-state index contributed by atoms with van der Waals surface area (Å²) in [4.78, 5) is 22.1. The van der Waals surface area contributed by atoms with E-state index >= 15 is 0 Å². The van der Waals surface area contributed by atoms with Crippen LogP contribution in [0.25, 0.3) is 11.1 Å². The van der Waals surface area contributed by atoms with Crippen molar-refractivity contribution < 1.29 is 31.8 Å². The number of nitro groups is 1. The van der Waals surface area contributed by atoms with E-state index in [4.69, 9.17) is 5.21 Å². The molecule has 0 radical (unpaired) electrons. The van der Waals surface area contributed by atoms with E-state index in [-0.39, 0.29) is 21.9 Å². The minimum absolute atomic E-state index is 0.0491. The van der Waals surface area contributed by atoms with E-state index < -0.39 is 49.5 Å². The van der Waals surface area contributed by atoms with Crippen LogP contribution in [-0.2, 0) is 24.8 Å². The number of hydrogen-bond donors (Lipinski definition) is 3. The van der Waals surface area contributed by atoms with Crippen LogP contribution in [0.5, 0.6) is 0 Å². The van der Waals surface area contributed by atoms with Crippen LogP contribution in [0.1, 0.15) is 6.42 Å². The Morgan fingerprint density at radius 1 is 0.892 bits per heavy atom. The summed E-state index contributed by atoms with van der Waals surface area (Å²) >= 11 is 0. The van der Waals surface area contributed by atoms with Gasteiger partial charge in [0.25, 0.3) is 11.6 Å². The number of non-ortho nitro benzene ring substituents is 1. The minimum atomic E-state index is -4.37. The van der Waals surface area contributed by atoms with E-state index in [1.807, 2.05) is 30.3 Å². The molecule has 1 aliphatic rings. The fraction of sp³-hybridized carbons (Fsp3) is 0.174. The maximum absolute atomic E-state index is 13.2. The largest absolute Gasteiger partial charge is 0.289 e. The Bertz CT molecular complexity index is 1510. The fourth-order valence-electron chi connectivity index (χ4n) is 4.09. The molecule has 14 heteroatoms. The van der Waals surface area contributed by atoms with E-state index in [9.17, 15) is 31.7 Å². The lowest BCUT2D eigenvalue weighted by atomic mass is 10.1. The Morgan fingerprint density at radius 3 is 2.03 bits per heavy atom. The van der Waals surface area contributed by atoms with E-state index in [1.165, 1.54) is 17.6 Å². The predicted molar refractivity (Wildman–Crippen MR) is 131 cm³/mol. The number of nitrogens with zero attached hydrogens (tertiary/aromatic N) is 2. The summed E-state index contributed by atoms with van der Waals surface area (Å²) in [6.07, 6.45) is -0.250. The number of nitrogens with one attached hydrogen (secondary N) is 2. The number of carbonyl (C=O) groups is 1. The summed E-state index contributed by atoms with van der Waals surface area (Å²) in [5.74, 6) is -1.04. The van der Waals surface area contributed by atoms with Crippen molar-refractivity contribution in [2.24, 2.45) is 0 Å². The molecular weight excluding hydrogens is 524 g/mol. The quantitative estimate of drug-likeness (QED) is 0.218. The molecule has 0 aromatic heterocycles. The molecule has 1 fully saturated rings. The molecule has 3 aromatic rings. The number of sulfonamides is 2. The monoisotopic (exact) mass is 546 g/mol. The van der Waals surface area contributed by atoms with Gasteiger partial charge in [-0.3, -0.25) is 20.1 Å². The first kappa shape index (κ1) is 26.4. The van der Waals surface area contributed by atoms with Crippen molar-refractivity contribution in [3.8, 4) is 11.1 Å². The highest BCUT2D eigenvalue weighted by Crippen LogP contribution is 2.29. The second-order valence-electron chi connectivity index (χ2n) is 8.26. The van der Waals surface area contributed by atoms with Gasteiger partial charge in [0.05, 0.1) is 14.7 Å². The molecule has 0 saturated carbocycles. The van der Waals surface area contributed by atoms with Gasteiger partial charge in [0.1, 0.15) is 6.04 Å². The molecule has 0 bridgehead atoms.